The minimum Gasteiger partial charge on any atom is -0.370 e. The van der Waals surface area contributed by atoms with E-state index in [1.165, 1.54) is 0 Å². The fourth-order valence-corrected chi connectivity index (χ4v) is 2.29. The molecule has 2 aromatic rings. The Balaban J connectivity index is 1.64. The lowest BCUT2D eigenvalue weighted by atomic mass is 10.1. The van der Waals surface area contributed by atoms with Crippen molar-refractivity contribution in [3.63, 3.8) is 0 Å². The third kappa shape index (κ3) is 2.85. The van der Waals surface area contributed by atoms with E-state index >= 15 is 0 Å². The van der Waals surface area contributed by atoms with E-state index < -0.39 is 0 Å². The number of morpholine rings is 1. The number of nitrogens with zero attached hydrogens (tertiary/aromatic N) is 4. The standard InChI is InChI=1S/C14H16N4O2/c19-14(11-18-7-1-4-16-18)17-8-9-20-13(10-17)12-2-5-15-6-3-12/h1-7,13H,8-11H2. The Labute approximate surface area is 117 Å². The summed E-state index contributed by atoms with van der Waals surface area (Å²) in [6.07, 6.45) is 6.87. The van der Waals surface area contributed by atoms with Crippen molar-refractivity contribution in [2.24, 2.45) is 0 Å². The summed E-state index contributed by atoms with van der Waals surface area (Å²) in [4.78, 5) is 18.1. The molecule has 0 aliphatic carbocycles. The van der Waals surface area contributed by atoms with Crippen molar-refractivity contribution in [2.75, 3.05) is 19.7 Å². The van der Waals surface area contributed by atoms with Crippen LogP contribution in [0, 0.1) is 0 Å². The van der Waals surface area contributed by atoms with E-state index in [1.807, 2.05) is 23.1 Å². The van der Waals surface area contributed by atoms with E-state index in [9.17, 15) is 4.79 Å². The molecule has 3 heterocycles. The maximum atomic E-state index is 12.2. The first-order valence-corrected chi connectivity index (χ1v) is 6.59. The molecule has 0 N–H and O–H groups in total. The summed E-state index contributed by atoms with van der Waals surface area (Å²) in [5, 5.41) is 4.06. The lowest BCUT2D eigenvalue weighted by Crippen LogP contribution is -2.43. The molecule has 0 spiro atoms. The number of pyridine rings is 1. The second kappa shape index (κ2) is 5.83. The van der Waals surface area contributed by atoms with Crippen molar-refractivity contribution in [1.82, 2.24) is 19.7 Å². The Morgan fingerprint density at radius 1 is 1.35 bits per heavy atom. The zero-order chi connectivity index (χ0) is 13.8. The first-order valence-electron chi connectivity index (χ1n) is 6.59. The summed E-state index contributed by atoms with van der Waals surface area (Å²) in [5.74, 6) is 0.0658. The molecule has 3 rings (SSSR count). The number of amides is 1. The van der Waals surface area contributed by atoms with Gasteiger partial charge in [-0.3, -0.25) is 14.5 Å². The summed E-state index contributed by atoms with van der Waals surface area (Å²) in [6, 6.07) is 5.66. The van der Waals surface area contributed by atoms with Gasteiger partial charge >= 0.3 is 0 Å². The summed E-state index contributed by atoms with van der Waals surface area (Å²) < 4.78 is 7.37. The Kier molecular flexibility index (Phi) is 3.73. The second-order valence-electron chi connectivity index (χ2n) is 4.68. The van der Waals surface area contributed by atoms with Crippen LogP contribution in [0.15, 0.2) is 43.0 Å². The van der Waals surface area contributed by atoms with Gasteiger partial charge in [-0.05, 0) is 23.8 Å². The highest BCUT2D eigenvalue weighted by molar-refractivity contribution is 5.76. The monoisotopic (exact) mass is 272 g/mol. The fraction of sp³-hybridized carbons (Fsp3) is 0.357. The molecule has 0 bridgehead atoms. The largest absolute Gasteiger partial charge is 0.370 e. The molecule has 20 heavy (non-hydrogen) atoms. The van der Waals surface area contributed by atoms with Crippen molar-refractivity contribution in [2.45, 2.75) is 12.6 Å². The Hall–Kier alpha value is -2.21. The first-order chi connectivity index (χ1) is 9.83. The molecule has 6 heteroatoms. The maximum absolute atomic E-state index is 12.2. The van der Waals surface area contributed by atoms with Crippen LogP contribution in [-0.4, -0.2) is 45.3 Å². The van der Waals surface area contributed by atoms with E-state index in [0.717, 1.165) is 5.56 Å². The van der Waals surface area contributed by atoms with Crippen molar-refractivity contribution in [3.8, 4) is 0 Å². The van der Waals surface area contributed by atoms with E-state index in [2.05, 4.69) is 10.1 Å². The zero-order valence-corrected chi connectivity index (χ0v) is 11.1. The van der Waals surface area contributed by atoms with Crippen LogP contribution in [0.2, 0.25) is 0 Å². The molecule has 1 saturated heterocycles. The predicted molar refractivity (Wildman–Crippen MR) is 71.7 cm³/mol. The Morgan fingerprint density at radius 2 is 2.20 bits per heavy atom. The predicted octanol–water partition coefficient (Wildman–Crippen LogP) is 0.878. The van der Waals surface area contributed by atoms with Crippen molar-refractivity contribution in [3.05, 3.63) is 48.5 Å². The van der Waals surface area contributed by atoms with Crippen molar-refractivity contribution >= 4 is 5.91 Å². The van der Waals surface area contributed by atoms with Gasteiger partial charge < -0.3 is 9.64 Å². The van der Waals surface area contributed by atoms with E-state index in [0.29, 0.717) is 19.7 Å². The number of carbonyl (C=O) groups is 1. The number of ether oxygens (including phenoxy) is 1. The van der Waals surface area contributed by atoms with Crippen LogP contribution >= 0.6 is 0 Å². The van der Waals surface area contributed by atoms with Gasteiger partial charge in [0.25, 0.3) is 0 Å². The Bertz CT molecular complexity index is 556. The summed E-state index contributed by atoms with van der Waals surface area (Å²) in [6.45, 7) is 2.03. The van der Waals surface area contributed by atoms with Gasteiger partial charge in [-0.2, -0.15) is 5.10 Å². The quantitative estimate of drug-likeness (QED) is 0.832. The van der Waals surface area contributed by atoms with Crippen LogP contribution in [0.25, 0.3) is 0 Å². The summed E-state index contributed by atoms with van der Waals surface area (Å²) >= 11 is 0. The highest BCUT2D eigenvalue weighted by atomic mass is 16.5. The molecule has 104 valence electrons. The van der Waals surface area contributed by atoms with Crippen LogP contribution in [-0.2, 0) is 16.1 Å². The minimum atomic E-state index is -0.0756. The zero-order valence-electron chi connectivity index (χ0n) is 11.1. The lowest BCUT2D eigenvalue weighted by Gasteiger charge is -2.33. The molecule has 6 nitrogen and oxygen atoms in total. The molecule has 0 saturated carbocycles. The van der Waals surface area contributed by atoms with E-state index in [4.69, 9.17) is 4.74 Å². The fourth-order valence-electron chi connectivity index (χ4n) is 2.29. The van der Waals surface area contributed by atoms with Crippen molar-refractivity contribution in [1.29, 1.82) is 0 Å². The third-order valence-electron chi connectivity index (χ3n) is 3.35. The summed E-state index contributed by atoms with van der Waals surface area (Å²) in [7, 11) is 0. The highest BCUT2D eigenvalue weighted by Crippen LogP contribution is 2.21. The smallest absolute Gasteiger partial charge is 0.244 e. The van der Waals surface area contributed by atoms with Gasteiger partial charge in [0.05, 0.1) is 13.2 Å². The Morgan fingerprint density at radius 3 is 2.95 bits per heavy atom. The number of aromatic nitrogens is 3. The average Bonchev–Trinajstić information content (AvgIpc) is 3.01. The van der Waals surface area contributed by atoms with Crippen LogP contribution in [0.1, 0.15) is 11.7 Å². The van der Waals surface area contributed by atoms with Gasteiger partial charge in [-0.15, -0.1) is 0 Å². The molecule has 1 amide bonds. The van der Waals surface area contributed by atoms with E-state index in [-0.39, 0.29) is 18.6 Å². The van der Waals surface area contributed by atoms with Crippen LogP contribution in [0.4, 0.5) is 0 Å². The molecule has 1 unspecified atom stereocenters. The SMILES string of the molecule is O=C(Cn1cccn1)N1CCOC(c2ccncc2)C1. The molecule has 1 fully saturated rings. The van der Waals surface area contributed by atoms with Gasteiger partial charge in [-0.1, -0.05) is 0 Å². The maximum Gasteiger partial charge on any atom is 0.244 e. The lowest BCUT2D eigenvalue weighted by molar-refractivity contribution is -0.139. The van der Waals surface area contributed by atoms with Gasteiger partial charge in [0, 0.05) is 31.3 Å². The normalized spacial score (nSPS) is 19.0. The number of carbonyl (C=O) groups excluding carboxylic acids is 1. The molecule has 0 aromatic carbocycles. The van der Waals surface area contributed by atoms with Crippen molar-refractivity contribution < 1.29 is 9.53 Å². The second-order valence-corrected chi connectivity index (χ2v) is 4.68. The van der Waals surface area contributed by atoms with Gasteiger partial charge in [0.15, 0.2) is 0 Å². The van der Waals surface area contributed by atoms with Crippen LogP contribution < -0.4 is 0 Å². The average molecular weight is 272 g/mol. The molecule has 1 aliphatic heterocycles. The number of rotatable bonds is 3. The molecular weight excluding hydrogens is 256 g/mol. The summed E-state index contributed by atoms with van der Waals surface area (Å²) in [5.41, 5.74) is 1.05. The molecule has 0 radical (unpaired) electrons. The third-order valence-corrected chi connectivity index (χ3v) is 3.35. The topological polar surface area (TPSA) is 60.2 Å². The highest BCUT2D eigenvalue weighted by Gasteiger charge is 2.25. The van der Waals surface area contributed by atoms with Crippen LogP contribution in [0.3, 0.4) is 0 Å². The van der Waals surface area contributed by atoms with E-state index in [1.54, 1.807) is 29.5 Å². The first kappa shape index (κ1) is 12.8. The van der Waals surface area contributed by atoms with Gasteiger partial charge in [-0.25, -0.2) is 0 Å². The molecular formula is C14H16N4O2. The van der Waals surface area contributed by atoms with Crippen LogP contribution in [0.5, 0.6) is 0 Å². The molecule has 1 aliphatic rings. The van der Waals surface area contributed by atoms with Gasteiger partial charge in [0.1, 0.15) is 12.6 Å². The molecule has 2 aromatic heterocycles. The minimum absolute atomic E-state index is 0.0658. The number of hydrogen-bond acceptors (Lipinski definition) is 4. The molecule has 1 atom stereocenters. The van der Waals surface area contributed by atoms with Gasteiger partial charge in [0.2, 0.25) is 5.91 Å². The number of hydrogen-bond donors (Lipinski definition) is 0.